The molecule has 0 saturated heterocycles. The molecule has 0 saturated carbocycles. The first-order chi connectivity index (χ1) is 13.6. The molecule has 28 heavy (non-hydrogen) atoms. The Bertz CT molecular complexity index is 372. The van der Waals surface area contributed by atoms with Gasteiger partial charge in [-0.05, 0) is 19.8 Å². The van der Waals surface area contributed by atoms with Gasteiger partial charge in [-0.3, -0.25) is 9.59 Å². The summed E-state index contributed by atoms with van der Waals surface area (Å²) < 4.78 is 10.2. The normalized spacial score (nSPS) is 12.0. The maximum absolute atomic E-state index is 11.6. The van der Waals surface area contributed by atoms with E-state index in [9.17, 15) is 9.59 Å². The van der Waals surface area contributed by atoms with Gasteiger partial charge in [-0.25, -0.2) is 0 Å². The molecule has 0 bridgehead atoms. The molecule has 0 fully saturated rings. The fraction of sp³-hybridized carbons (Fsp3) is 0.913. The van der Waals surface area contributed by atoms with Crippen LogP contribution in [-0.4, -0.2) is 30.5 Å². The summed E-state index contributed by atoms with van der Waals surface area (Å²) in [7, 11) is 0. The SMILES string of the molecule is CCCCCCCCCCCCCCCOC(=O)CCCC(=O)OCC(C)Cl. The Morgan fingerprint density at radius 1 is 0.679 bits per heavy atom. The quantitative estimate of drug-likeness (QED) is 0.122. The zero-order chi connectivity index (χ0) is 20.9. The molecule has 0 aliphatic rings. The summed E-state index contributed by atoms with van der Waals surface area (Å²) in [5.74, 6) is -0.533. The number of carbonyl (C=O) groups excluding carboxylic acids is 2. The molecule has 4 nitrogen and oxygen atoms in total. The molecule has 166 valence electrons. The maximum Gasteiger partial charge on any atom is 0.305 e. The van der Waals surface area contributed by atoms with E-state index in [1.165, 1.54) is 70.6 Å². The number of halogens is 1. The lowest BCUT2D eigenvalue weighted by molar-refractivity contribution is -0.145. The number of unbranched alkanes of at least 4 members (excludes halogenated alkanes) is 12. The van der Waals surface area contributed by atoms with Crippen molar-refractivity contribution in [2.75, 3.05) is 13.2 Å². The molecule has 0 heterocycles. The van der Waals surface area contributed by atoms with E-state index in [2.05, 4.69) is 6.92 Å². The first-order valence-corrected chi connectivity index (χ1v) is 11.9. The van der Waals surface area contributed by atoms with Crippen molar-refractivity contribution in [3.05, 3.63) is 0 Å². The lowest BCUT2D eigenvalue weighted by atomic mass is 10.0. The van der Waals surface area contributed by atoms with E-state index in [4.69, 9.17) is 21.1 Å². The van der Waals surface area contributed by atoms with E-state index in [0.29, 0.717) is 13.0 Å². The first kappa shape index (κ1) is 27.2. The van der Waals surface area contributed by atoms with Gasteiger partial charge in [-0.1, -0.05) is 84.0 Å². The van der Waals surface area contributed by atoms with Crippen LogP contribution in [0.1, 0.15) is 117 Å². The zero-order valence-corrected chi connectivity index (χ0v) is 19.1. The van der Waals surface area contributed by atoms with Crippen LogP contribution in [0.25, 0.3) is 0 Å². The molecular weight excluding hydrogens is 376 g/mol. The van der Waals surface area contributed by atoms with Crippen LogP contribution in [0.5, 0.6) is 0 Å². The second kappa shape index (κ2) is 21.0. The summed E-state index contributed by atoms with van der Waals surface area (Å²) in [6.45, 7) is 4.73. The highest BCUT2D eigenvalue weighted by molar-refractivity contribution is 6.20. The van der Waals surface area contributed by atoms with E-state index >= 15 is 0 Å². The van der Waals surface area contributed by atoms with Gasteiger partial charge in [0.25, 0.3) is 0 Å². The fourth-order valence-corrected chi connectivity index (χ4v) is 3.10. The third-order valence-corrected chi connectivity index (χ3v) is 4.87. The van der Waals surface area contributed by atoms with E-state index in [-0.39, 0.29) is 36.8 Å². The zero-order valence-electron chi connectivity index (χ0n) is 18.3. The molecule has 1 unspecified atom stereocenters. The molecule has 0 aromatic carbocycles. The Kier molecular flexibility index (Phi) is 20.4. The lowest BCUT2D eigenvalue weighted by Gasteiger charge is -2.06. The molecule has 0 rings (SSSR count). The van der Waals surface area contributed by atoms with Gasteiger partial charge in [-0.2, -0.15) is 0 Å². The van der Waals surface area contributed by atoms with Crippen molar-refractivity contribution < 1.29 is 19.1 Å². The minimum atomic E-state index is -0.309. The minimum absolute atomic E-state index is 0.186. The van der Waals surface area contributed by atoms with Crippen LogP contribution in [0.15, 0.2) is 0 Å². The van der Waals surface area contributed by atoms with Gasteiger partial charge in [0.2, 0.25) is 0 Å². The maximum atomic E-state index is 11.6. The highest BCUT2D eigenvalue weighted by Gasteiger charge is 2.08. The molecule has 5 heteroatoms. The van der Waals surface area contributed by atoms with Crippen molar-refractivity contribution >= 4 is 23.5 Å². The van der Waals surface area contributed by atoms with Crippen molar-refractivity contribution in [1.29, 1.82) is 0 Å². The van der Waals surface area contributed by atoms with Gasteiger partial charge in [-0.15, -0.1) is 11.6 Å². The summed E-state index contributed by atoms with van der Waals surface area (Å²) in [5, 5.41) is -0.186. The lowest BCUT2D eigenvalue weighted by Crippen LogP contribution is -2.12. The number of rotatable bonds is 20. The third-order valence-electron chi connectivity index (χ3n) is 4.75. The van der Waals surface area contributed by atoms with Crippen molar-refractivity contribution in [2.45, 2.75) is 122 Å². The molecule has 1 atom stereocenters. The van der Waals surface area contributed by atoms with Gasteiger partial charge in [0.05, 0.1) is 12.0 Å². The van der Waals surface area contributed by atoms with Crippen molar-refractivity contribution in [2.24, 2.45) is 0 Å². The average Bonchev–Trinajstić information content (AvgIpc) is 2.66. The summed E-state index contributed by atoms with van der Waals surface area (Å²) in [5.41, 5.74) is 0. The molecular formula is C23H43ClO4. The van der Waals surface area contributed by atoms with Gasteiger partial charge < -0.3 is 9.47 Å². The topological polar surface area (TPSA) is 52.6 Å². The molecule has 0 aromatic rings. The average molecular weight is 419 g/mol. The number of hydrogen-bond acceptors (Lipinski definition) is 4. The number of hydrogen-bond donors (Lipinski definition) is 0. The molecule has 0 radical (unpaired) electrons. The molecule has 0 amide bonds. The van der Waals surface area contributed by atoms with Crippen LogP contribution < -0.4 is 0 Å². The van der Waals surface area contributed by atoms with Crippen molar-refractivity contribution in [1.82, 2.24) is 0 Å². The van der Waals surface area contributed by atoms with Crippen LogP contribution in [0.4, 0.5) is 0 Å². The van der Waals surface area contributed by atoms with Crippen molar-refractivity contribution in [3.63, 3.8) is 0 Å². The summed E-state index contributed by atoms with van der Waals surface area (Å²) in [6.07, 6.45) is 17.9. The predicted octanol–water partition coefficient (Wildman–Crippen LogP) is 6.96. The monoisotopic (exact) mass is 418 g/mol. The van der Waals surface area contributed by atoms with E-state index in [0.717, 1.165) is 12.8 Å². The van der Waals surface area contributed by atoms with Gasteiger partial charge in [0, 0.05) is 12.8 Å². The number of alkyl halides is 1. The van der Waals surface area contributed by atoms with Crippen LogP contribution >= 0.6 is 11.6 Å². The molecule has 0 aliphatic heterocycles. The second-order valence-corrected chi connectivity index (χ2v) is 8.53. The largest absolute Gasteiger partial charge is 0.466 e. The molecule has 0 N–H and O–H groups in total. The minimum Gasteiger partial charge on any atom is -0.466 e. The number of ether oxygens (including phenoxy) is 2. The first-order valence-electron chi connectivity index (χ1n) is 11.5. The summed E-state index contributed by atoms with van der Waals surface area (Å²) in [6, 6.07) is 0. The van der Waals surface area contributed by atoms with E-state index < -0.39 is 0 Å². The Morgan fingerprint density at radius 3 is 1.57 bits per heavy atom. The van der Waals surface area contributed by atoms with Crippen molar-refractivity contribution in [3.8, 4) is 0 Å². The Balaban J connectivity index is 3.25. The Labute approximate surface area is 178 Å². The second-order valence-electron chi connectivity index (χ2n) is 7.78. The number of carbonyl (C=O) groups is 2. The summed E-state index contributed by atoms with van der Waals surface area (Å²) in [4.78, 5) is 23.0. The van der Waals surface area contributed by atoms with E-state index in [1.807, 2.05) is 0 Å². The molecule has 0 aromatic heterocycles. The van der Waals surface area contributed by atoms with Crippen LogP contribution in [0.2, 0.25) is 0 Å². The van der Waals surface area contributed by atoms with Gasteiger partial charge in [0.15, 0.2) is 0 Å². The van der Waals surface area contributed by atoms with Gasteiger partial charge >= 0.3 is 11.9 Å². The third kappa shape index (κ3) is 21.5. The predicted molar refractivity (Wildman–Crippen MR) is 117 cm³/mol. The van der Waals surface area contributed by atoms with Gasteiger partial charge in [0.1, 0.15) is 6.61 Å². The standard InChI is InChI=1S/C23H43ClO4/c1-3-4-5-6-7-8-9-10-11-12-13-14-15-19-27-22(25)17-16-18-23(26)28-20-21(2)24/h21H,3-20H2,1-2H3. The summed E-state index contributed by atoms with van der Waals surface area (Å²) >= 11 is 5.71. The number of esters is 2. The molecule has 0 spiro atoms. The van der Waals surface area contributed by atoms with E-state index in [1.54, 1.807) is 6.92 Å². The van der Waals surface area contributed by atoms with Crippen LogP contribution in [0, 0.1) is 0 Å². The highest BCUT2D eigenvalue weighted by Crippen LogP contribution is 2.12. The van der Waals surface area contributed by atoms with Crippen LogP contribution in [-0.2, 0) is 19.1 Å². The highest BCUT2D eigenvalue weighted by atomic mass is 35.5. The molecule has 0 aliphatic carbocycles. The Morgan fingerprint density at radius 2 is 1.11 bits per heavy atom. The van der Waals surface area contributed by atoms with Crippen LogP contribution in [0.3, 0.4) is 0 Å². The Hall–Kier alpha value is -0.770. The fourth-order valence-electron chi connectivity index (χ4n) is 3.04. The smallest absolute Gasteiger partial charge is 0.305 e.